The Balaban J connectivity index is 0.000000327. The summed E-state index contributed by atoms with van der Waals surface area (Å²) in [6.07, 6.45) is -2.04. The normalized spacial score (nSPS) is 10.6. The van der Waals surface area contributed by atoms with E-state index in [-0.39, 0.29) is 38.8 Å². The Bertz CT molecular complexity index is 914. The molecule has 1 N–H and O–H groups in total. The Kier molecular flexibility index (Phi) is 10.8. The highest BCUT2D eigenvalue weighted by molar-refractivity contribution is 6.36. The number of hydrogen-bond acceptors (Lipinski definition) is 7. The standard InChI is InChI=1S/C10H10ClF3N2O2.C8H7Cl2NO2/c1-2-18-9(17)6-4-15-8(11)3-7(6)16-5-10(12,13)14;1-2-13-8(12)5-4-11-7(10)3-6(5)9/h3-4H,2,5H2,1H3,(H,15,16);3-4H,2H2,1H3. The van der Waals surface area contributed by atoms with E-state index in [1.54, 1.807) is 13.8 Å². The Hall–Kier alpha value is -2.30. The second kappa shape index (κ2) is 12.5. The highest BCUT2D eigenvalue weighted by atomic mass is 35.5. The molecule has 13 heteroatoms. The molecule has 31 heavy (non-hydrogen) atoms. The number of anilines is 1. The van der Waals surface area contributed by atoms with Crippen molar-refractivity contribution in [1.29, 1.82) is 0 Å². The fourth-order valence-corrected chi connectivity index (χ4v) is 2.51. The van der Waals surface area contributed by atoms with Crippen LogP contribution < -0.4 is 5.32 Å². The molecular formula is C18H17Cl3F3N3O4. The van der Waals surface area contributed by atoms with Crippen molar-refractivity contribution in [2.45, 2.75) is 20.0 Å². The molecule has 0 radical (unpaired) electrons. The van der Waals surface area contributed by atoms with Gasteiger partial charge in [-0.15, -0.1) is 0 Å². The molecule has 2 rings (SSSR count). The molecule has 0 spiro atoms. The number of carbonyl (C=O) groups is 2. The minimum Gasteiger partial charge on any atom is -0.462 e. The second-order valence-electron chi connectivity index (χ2n) is 5.45. The molecule has 7 nitrogen and oxygen atoms in total. The average molecular weight is 503 g/mol. The molecular weight excluding hydrogens is 486 g/mol. The number of hydrogen-bond donors (Lipinski definition) is 1. The lowest BCUT2D eigenvalue weighted by molar-refractivity contribution is -0.115. The quantitative estimate of drug-likeness (QED) is 0.415. The first-order valence-corrected chi connectivity index (χ1v) is 9.73. The summed E-state index contributed by atoms with van der Waals surface area (Å²) in [7, 11) is 0. The van der Waals surface area contributed by atoms with Crippen LogP contribution in [0.1, 0.15) is 34.6 Å². The number of esters is 2. The summed E-state index contributed by atoms with van der Waals surface area (Å²) in [6.45, 7) is 2.44. The van der Waals surface area contributed by atoms with Crippen molar-refractivity contribution in [2.75, 3.05) is 25.1 Å². The number of aromatic nitrogens is 2. The molecule has 2 aromatic rings. The number of carbonyl (C=O) groups excluding carboxylic acids is 2. The van der Waals surface area contributed by atoms with E-state index in [4.69, 9.17) is 44.3 Å². The van der Waals surface area contributed by atoms with Crippen molar-refractivity contribution >= 4 is 52.4 Å². The maximum Gasteiger partial charge on any atom is 0.405 e. The lowest BCUT2D eigenvalue weighted by atomic mass is 10.2. The maximum absolute atomic E-state index is 12.1. The van der Waals surface area contributed by atoms with Crippen LogP contribution in [0.2, 0.25) is 15.3 Å². The van der Waals surface area contributed by atoms with Gasteiger partial charge < -0.3 is 14.8 Å². The topological polar surface area (TPSA) is 90.4 Å². The number of halogens is 6. The molecule has 0 aromatic carbocycles. The fourth-order valence-electron chi connectivity index (χ4n) is 1.91. The SMILES string of the molecule is CCOC(=O)c1cnc(Cl)cc1Cl.CCOC(=O)c1cnc(Cl)cc1NCC(F)(F)F. The van der Waals surface area contributed by atoms with E-state index in [1.165, 1.54) is 12.3 Å². The van der Waals surface area contributed by atoms with Gasteiger partial charge in [0.15, 0.2) is 0 Å². The van der Waals surface area contributed by atoms with Crippen LogP contribution in [0, 0.1) is 0 Å². The van der Waals surface area contributed by atoms with Crippen LogP contribution in [0.4, 0.5) is 18.9 Å². The number of alkyl halides is 3. The first-order valence-electron chi connectivity index (χ1n) is 8.59. The van der Waals surface area contributed by atoms with Crippen LogP contribution in [0.15, 0.2) is 24.5 Å². The van der Waals surface area contributed by atoms with Crippen molar-refractivity contribution in [3.8, 4) is 0 Å². The van der Waals surface area contributed by atoms with Crippen LogP contribution in [-0.4, -0.2) is 47.8 Å². The van der Waals surface area contributed by atoms with Crippen molar-refractivity contribution in [2.24, 2.45) is 0 Å². The minimum atomic E-state index is -4.40. The van der Waals surface area contributed by atoms with Gasteiger partial charge in [0.05, 0.1) is 29.5 Å². The van der Waals surface area contributed by atoms with E-state index in [1.807, 2.05) is 0 Å². The Morgan fingerprint density at radius 2 is 1.42 bits per heavy atom. The number of nitrogens with one attached hydrogen (secondary N) is 1. The summed E-state index contributed by atoms with van der Waals surface area (Å²) < 4.78 is 45.7. The zero-order valence-electron chi connectivity index (χ0n) is 16.2. The van der Waals surface area contributed by atoms with Crippen LogP contribution in [0.25, 0.3) is 0 Å². The minimum absolute atomic E-state index is 0.0206. The highest BCUT2D eigenvalue weighted by Crippen LogP contribution is 2.22. The summed E-state index contributed by atoms with van der Waals surface area (Å²) in [6, 6.07) is 2.54. The van der Waals surface area contributed by atoms with E-state index in [0.717, 1.165) is 12.3 Å². The van der Waals surface area contributed by atoms with Crippen molar-refractivity contribution in [3.63, 3.8) is 0 Å². The van der Waals surface area contributed by atoms with E-state index in [0.29, 0.717) is 6.61 Å². The first-order chi connectivity index (χ1) is 14.5. The van der Waals surface area contributed by atoms with Gasteiger partial charge in [0.1, 0.15) is 22.4 Å². The predicted molar refractivity (Wildman–Crippen MR) is 110 cm³/mol. The van der Waals surface area contributed by atoms with Gasteiger partial charge in [-0.3, -0.25) is 0 Å². The van der Waals surface area contributed by atoms with Gasteiger partial charge in [-0.25, -0.2) is 19.6 Å². The van der Waals surface area contributed by atoms with Crippen LogP contribution >= 0.6 is 34.8 Å². The van der Waals surface area contributed by atoms with Crippen LogP contribution in [0.5, 0.6) is 0 Å². The summed E-state index contributed by atoms with van der Waals surface area (Å²) in [4.78, 5) is 30.0. The molecule has 2 aromatic heterocycles. The summed E-state index contributed by atoms with van der Waals surface area (Å²) in [5.74, 6) is -1.25. The van der Waals surface area contributed by atoms with Crippen LogP contribution in [0.3, 0.4) is 0 Å². The monoisotopic (exact) mass is 501 g/mol. The Labute approximate surface area is 190 Å². The molecule has 2 heterocycles. The smallest absolute Gasteiger partial charge is 0.405 e. The number of ether oxygens (including phenoxy) is 2. The average Bonchev–Trinajstić information content (AvgIpc) is 2.66. The lowest BCUT2D eigenvalue weighted by Crippen LogP contribution is -2.22. The van der Waals surface area contributed by atoms with Gasteiger partial charge in [0.2, 0.25) is 0 Å². The fraction of sp³-hybridized carbons (Fsp3) is 0.333. The van der Waals surface area contributed by atoms with E-state index in [2.05, 4.69) is 15.3 Å². The molecule has 0 aliphatic rings. The predicted octanol–water partition coefficient (Wildman–Crippen LogP) is 5.45. The van der Waals surface area contributed by atoms with Crippen molar-refractivity contribution in [1.82, 2.24) is 9.97 Å². The molecule has 0 unspecified atom stereocenters. The molecule has 0 fully saturated rings. The largest absolute Gasteiger partial charge is 0.462 e. The van der Waals surface area contributed by atoms with E-state index in [9.17, 15) is 22.8 Å². The van der Waals surface area contributed by atoms with E-state index < -0.39 is 24.7 Å². The molecule has 0 saturated carbocycles. The Morgan fingerprint density at radius 1 is 0.935 bits per heavy atom. The molecule has 0 saturated heterocycles. The molecule has 0 amide bonds. The number of nitrogens with zero attached hydrogens (tertiary/aromatic N) is 2. The third-order valence-corrected chi connectivity index (χ3v) is 3.89. The molecule has 0 aliphatic carbocycles. The highest BCUT2D eigenvalue weighted by Gasteiger charge is 2.27. The summed E-state index contributed by atoms with van der Waals surface area (Å²) >= 11 is 16.8. The maximum atomic E-state index is 12.1. The van der Waals surface area contributed by atoms with Gasteiger partial charge in [-0.05, 0) is 26.0 Å². The third kappa shape index (κ3) is 9.58. The number of rotatable bonds is 6. The molecule has 0 bridgehead atoms. The second-order valence-corrected chi connectivity index (χ2v) is 6.63. The molecule has 0 atom stereocenters. The first kappa shape index (κ1) is 26.7. The van der Waals surface area contributed by atoms with Gasteiger partial charge in [0, 0.05) is 12.4 Å². The van der Waals surface area contributed by atoms with Gasteiger partial charge in [0.25, 0.3) is 0 Å². The summed E-state index contributed by atoms with van der Waals surface area (Å²) in [5, 5.41) is 2.56. The zero-order valence-corrected chi connectivity index (χ0v) is 18.5. The van der Waals surface area contributed by atoms with E-state index >= 15 is 0 Å². The molecule has 0 aliphatic heterocycles. The van der Waals surface area contributed by atoms with Crippen molar-refractivity contribution in [3.05, 3.63) is 51.0 Å². The number of pyridine rings is 2. The third-order valence-electron chi connectivity index (χ3n) is 3.16. The molecule has 170 valence electrons. The van der Waals surface area contributed by atoms with Crippen LogP contribution in [-0.2, 0) is 9.47 Å². The summed E-state index contributed by atoms with van der Waals surface area (Å²) in [5.41, 5.74) is 0.0733. The lowest BCUT2D eigenvalue weighted by Gasteiger charge is -2.12. The van der Waals surface area contributed by atoms with Gasteiger partial charge in [-0.1, -0.05) is 34.8 Å². The van der Waals surface area contributed by atoms with Gasteiger partial charge in [-0.2, -0.15) is 13.2 Å². The van der Waals surface area contributed by atoms with Crippen molar-refractivity contribution < 1.29 is 32.2 Å². The Morgan fingerprint density at radius 3 is 1.90 bits per heavy atom. The van der Waals surface area contributed by atoms with Gasteiger partial charge >= 0.3 is 18.1 Å². The zero-order chi connectivity index (χ0) is 23.6.